The summed E-state index contributed by atoms with van der Waals surface area (Å²) in [6, 6.07) is -0.956. The second-order valence-corrected chi connectivity index (χ2v) is 6.03. The van der Waals surface area contributed by atoms with Crippen molar-refractivity contribution in [3.05, 3.63) is 29.6 Å². The van der Waals surface area contributed by atoms with Crippen LogP contribution in [0.3, 0.4) is 0 Å². The molecular formula is C14H14F2N4O3. The molecule has 2 aliphatic rings. The van der Waals surface area contributed by atoms with Gasteiger partial charge in [0.25, 0.3) is 11.8 Å². The van der Waals surface area contributed by atoms with E-state index in [2.05, 4.69) is 15.2 Å². The first-order valence-corrected chi connectivity index (χ1v) is 7.37. The molecule has 0 radical (unpaired) electrons. The number of amides is 1. The SMILES string of the molecule is Cc1ncoc1C(=O)N1CC(F)(F)C[C@H]1c1nnc(C2CC2)o1. The van der Waals surface area contributed by atoms with E-state index in [0.717, 1.165) is 24.1 Å². The molecule has 23 heavy (non-hydrogen) atoms. The largest absolute Gasteiger partial charge is 0.438 e. The maximum absolute atomic E-state index is 13.9. The fourth-order valence-corrected chi connectivity index (χ4v) is 2.77. The minimum Gasteiger partial charge on any atom is -0.438 e. The molecule has 4 rings (SSSR count). The van der Waals surface area contributed by atoms with Crippen LogP contribution in [0.5, 0.6) is 0 Å². The summed E-state index contributed by atoms with van der Waals surface area (Å²) in [5.41, 5.74) is 0.355. The summed E-state index contributed by atoms with van der Waals surface area (Å²) in [5.74, 6) is -2.97. The van der Waals surface area contributed by atoms with Gasteiger partial charge in [0.05, 0.1) is 12.2 Å². The third kappa shape index (κ3) is 2.49. The molecule has 7 nitrogen and oxygen atoms in total. The van der Waals surface area contributed by atoms with E-state index >= 15 is 0 Å². The van der Waals surface area contributed by atoms with Gasteiger partial charge < -0.3 is 13.7 Å². The molecule has 122 valence electrons. The van der Waals surface area contributed by atoms with Crippen molar-refractivity contribution in [1.29, 1.82) is 0 Å². The van der Waals surface area contributed by atoms with Gasteiger partial charge in [-0.3, -0.25) is 4.79 Å². The molecule has 0 spiro atoms. The number of alkyl halides is 2. The number of hydrogen-bond acceptors (Lipinski definition) is 6. The Morgan fingerprint density at radius 1 is 1.35 bits per heavy atom. The highest BCUT2D eigenvalue weighted by atomic mass is 19.3. The van der Waals surface area contributed by atoms with Crippen LogP contribution in [0.15, 0.2) is 15.2 Å². The van der Waals surface area contributed by atoms with Crippen LogP contribution in [0.25, 0.3) is 0 Å². The lowest BCUT2D eigenvalue weighted by atomic mass is 10.2. The minimum atomic E-state index is -3.01. The lowest BCUT2D eigenvalue weighted by Crippen LogP contribution is -2.33. The van der Waals surface area contributed by atoms with Gasteiger partial charge in [-0.15, -0.1) is 10.2 Å². The Balaban J connectivity index is 1.65. The Kier molecular flexibility index (Phi) is 3.00. The molecule has 2 aromatic rings. The summed E-state index contributed by atoms with van der Waals surface area (Å²) >= 11 is 0. The van der Waals surface area contributed by atoms with Crippen LogP contribution < -0.4 is 0 Å². The van der Waals surface area contributed by atoms with E-state index in [4.69, 9.17) is 8.83 Å². The number of aryl methyl sites for hydroxylation is 1. The molecule has 3 heterocycles. The van der Waals surface area contributed by atoms with Crippen molar-refractivity contribution in [1.82, 2.24) is 20.1 Å². The Bertz CT molecular complexity index is 753. The number of carbonyl (C=O) groups is 1. The van der Waals surface area contributed by atoms with E-state index in [0.29, 0.717) is 11.6 Å². The maximum atomic E-state index is 13.9. The fraction of sp³-hybridized carbons (Fsp3) is 0.571. The molecule has 1 amide bonds. The second kappa shape index (κ2) is 4.84. The van der Waals surface area contributed by atoms with Crippen molar-refractivity contribution >= 4 is 5.91 Å². The first-order valence-electron chi connectivity index (χ1n) is 7.37. The van der Waals surface area contributed by atoms with E-state index in [1.807, 2.05) is 0 Å². The zero-order valence-electron chi connectivity index (χ0n) is 12.3. The number of carbonyl (C=O) groups excluding carboxylic acids is 1. The Morgan fingerprint density at radius 2 is 2.09 bits per heavy atom. The van der Waals surface area contributed by atoms with Crippen LogP contribution >= 0.6 is 0 Å². The highest BCUT2D eigenvalue weighted by molar-refractivity contribution is 5.92. The number of halogens is 2. The number of hydrogen-bond donors (Lipinski definition) is 0. The predicted octanol–water partition coefficient (Wildman–Crippen LogP) is 2.47. The van der Waals surface area contributed by atoms with Crippen molar-refractivity contribution < 1.29 is 22.4 Å². The third-order valence-corrected chi connectivity index (χ3v) is 4.14. The molecule has 2 fully saturated rings. The average Bonchev–Trinajstić information content (AvgIpc) is 2.94. The minimum absolute atomic E-state index is 0.0466. The highest BCUT2D eigenvalue weighted by Crippen LogP contribution is 2.44. The Hall–Kier alpha value is -2.32. The number of likely N-dealkylation sites (tertiary alicyclic amines) is 1. The van der Waals surface area contributed by atoms with Gasteiger partial charge in [0.15, 0.2) is 6.39 Å². The van der Waals surface area contributed by atoms with Gasteiger partial charge in [-0.25, -0.2) is 13.8 Å². The van der Waals surface area contributed by atoms with Crippen LogP contribution in [0.2, 0.25) is 0 Å². The molecule has 2 aromatic heterocycles. The van der Waals surface area contributed by atoms with E-state index in [1.54, 1.807) is 6.92 Å². The van der Waals surface area contributed by atoms with E-state index < -0.39 is 30.8 Å². The molecule has 1 saturated carbocycles. The van der Waals surface area contributed by atoms with E-state index in [-0.39, 0.29) is 17.6 Å². The second-order valence-electron chi connectivity index (χ2n) is 6.03. The fourth-order valence-electron chi connectivity index (χ4n) is 2.77. The smallest absolute Gasteiger partial charge is 0.292 e. The van der Waals surface area contributed by atoms with Gasteiger partial charge in [0.1, 0.15) is 6.04 Å². The predicted molar refractivity (Wildman–Crippen MR) is 70.9 cm³/mol. The van der Waals surface area contributed by atoms with Crippen LogP contribution in [-0.4, -0.2) is 38.5 Å². The summed E-state index contributed by atoms with van der Waals surface area (Å²) in [6.45, 7) is 0.871. The van der Waals surface area contributed by atoms with Crippen molar-refractivity contribution in [3.8, 4) is 0 Å². The maximum Gasteiger partial charge on any atom is 0.292 e. The van der Waals surface area contributed by atoms with Crippen LogP contribution in [0.4, 0.5) is 8.78 Å². The van der Waals surface area contributed by atoms with Gasteiger partial charge in [0, 0.05) is 12.3 Å². The molecule has 0 bridgehead atoms. The van der Waals surface area contributed by atoms with Crippen molar-refractivity contribution in [3.63, 3.8) is 0 Å². The molecule has 1 aliphatic carbocycles. The van der Waals surface area contributed by atoms with Crippen LogP contribution in [0.1, 0.15) is 59.3 Å². The quantitative estimate of drug-likeness (QED) is 0.862. The zero-order chi connectivity index (χ0) is 16.2. The van der Waals surface area contributed by atoms with E-state index in [9.17, 15) is 13.6 Å². The molecule has 0 N–H and O–H groups in total. The monoisotopic (exact) mass is 324 g/mol. The van der Waals surface area contributed by atoms with Gasteiger partial charge in [0.2, 0.25) is 17.5 Å². The van der Waals surface area contributed by atoms with Crippen LogP contribution in [0, 0.1) is 6.92 Å². The standard InChI is InChI=1S/C14H14F2N4O3/c1-7-10(22-6-17-7)13(21)20-5-14(15,16)4-9(20)12-19-18-11(23-12)8-2-3-8/h6,8-9H,2-5H2,1H3/t9-/m0/s1. The van der Waals surface area contributed by atoms with E-state index in [1.165, 1.54) is 0 Å². The number of aromatic nitrogens is 3. The first-order chi connectivity index (χ1) is 10.9. The topological polar surface area (TPSA) is 85.3 Å². The summed E-state index contributed by atoms with van der Waals surface area (Å²) in [5, 5.41) is 7.78. The molecule has 1 aliphatic heterocycles. The van der Waals surface area contributed by atoms with Crippen molar-refractivity contribution in [2.24, 2.45) is 0 Å². The average molecular weight is 324 g/mol. The number of oxazole rings is 1. The first kappa shape index (κ1) is 14.3. The Labute approximate surface area is 129 Å². The summed E-state index contributed by atoms with van der Waals surface area (Å²) < 4.78 is 38.3. The number of rotatable bonds is 3. The molecular weight excluding hydrogens is 310 g/mol. The number of nitrogens with zero attached hydrogens (tertiary/aromatic N) is 4. The molecule has 9 heteroatoms. The van der Waals surface area contributed by atoms with Crippen molar-refractivity contribution in [2.75, 3.05) is 6.54 Å². The highest BCUT2D eigenvalue weighted by Gasteiger charge is 2.51. The van der Waals surface area contributed by atoms with Crippen LogP contribution in [-0.2, 0) is 0 Å². The summed E-state index contributed by atoms with van der Waals surface area (Å²) in [4.78, 5) is 17.4. The third-order valence-electron chi connectivity index (χ3n) is 4.14. The molecule has 0 aromatic carbocycles. The normalized spacial score (nSPS) is 23.4. The van der Waals surface area contributed by atoms with Gasteiger partial charge in [-0.2, -0.15) is 0 Å². The van der Waals surface area contributed by atoms with Gasteiger partial charge >= 0.3 is 0 Å². The van der Waals surface area contributed by atoms with Gasteiger partial charge in [-0.05, 0) is 19.8 Å². The summed E-state index contributed by atoms with van der Waals surface area (Å²) in [6.07, 6.45) is 2.49. The van der Waals surface area contributed by atoms with Gasteiger partial charge in [-0.1, -0.05) is 0 Å². The molecule has 1 saturated heterocycles. The van der Waals surface area contributed by atoms with Crippen molar-refractivity contribution in [2.45, 2.75) is 44.1 Å². The lowest BCUT2D eigenvalue weighted by Gasteiger charge is -2.20. The lowest BCUT2D eigenvalue weighted by molar-refractivity contribution is 0.0113. The zero-order valence-corrected chi connectivity index (χ0v) is 12.3. The Morgan fingerprint density at radius 3 is 2.74 bits per heavy atom. The summed E-state index contributed by atoms with van der Waals surface area (Å²) in [7, 11) is 0. The molecule has 0 unspecified atom stereocenters. The molecule has 1 atom stereocenters.